The predicted octanol–water partition coefficient (Wildman–Crippen LogP) is 2.51. The first-order chi connectivity index (χ1) is 10.7. The first kappa shape index (κ1) is 19.1. The smallest absolute Gasteiger partial charge is 0.305 e. The Balaban J connectivity index is 2.13. The van der Waals surface area contributed by atoms with Gasteiger partial charge in [-0.3, -0.25) is 9.79 Å². The van der Waals surface area contributed by atoms with Crippen molar-refractivity contribution in [3.8, 4) is 0 Å². The predicted molar refractivity (Wildman–Crippen MR) is 94.6 cm³/mol. The topological polar surface area (TPSA) is 53.9 Å². The largest absolute Gasteiger partial charge is 0.469 e. The highest BCUT2D eigenvalue weighted by Crippen LogP contribution is 2.20. The van der Waals surface area contributed by atoms with Crippen LogP contribution in [0.1, 0.15) is 45.4 Å². The second-order valence-electron chi connectivity index (χ2n) is 5.56. The average molecular weight is 330 g/mol. The monoisotopic (exact) mass is 329 g/mol. The van der Waals surface area contributed by atoms with E-state index in [0.717, 1.165) is 56.5 Å². The SMILES string of the molecule is CCC1CN(C(=NC)NCCCCCCC(=O)OC)CCS1. The third kappa shape index (κ3) is 7.38. The third-order valence-electron chi connectivity index (χ3n) is 3.92. The molecule has 6 heteroatoms. The number of guanidine groups is 1. The first-order valence-electron chi connectivity index (χ1n) is 8.35. The van der Waals surface area contributed by atoms with E-state index in [2.05, 4.69) is 38.6 Å². The molecule has 0 aromatic heterocycles. The van der Waals surface area contributed by atoms with Crippen LogP contribution in [-0.4, -0.2) is 61.6 Å². The zero-order valence-electron chi connectivity index (χ0n) is 14.3. The van der Waals surface area contributed by atoms with Gasteiger partial charge in [-0.15, -0.1) is 0 Å². The van der Waals surface area contributed by atoms with E-state index in [1.165, 1.54) is 19.3 Å². The van der Waals surface area contributed by atoms with Crippen LogP contribution in [0.15, 0.2) is 4.99 Å². The Morgan fingerprint density at radius 2 is 2.14 bits per heavy atom. The summed E-state index contributed by atoms with van der Waals surface area (Å²) in [7, 11) is 3.31. The van der Waals surface area contributed by atoms with Crippen LogP contribution < -0.4 is 5.32 Å². The highest BCUT2D eigenvalue weighted by Gasteiger charge is 2.21. The van der Waals surface area contributed by atoms with Crippen molar-refractivity contribution < 1.29 is 9.53 Å². The van der Waals surface area contributed by atoms with Gasteiger partial charge in [0.15, 0.2) is 5.96 Å². The van der Waals surface area contributed by atoms with Crippen LogP contribution in [0.25, 0.3) is 0 Å². The van der Waals surface area contributed by atoms with E-state index in [1.807, 2.05) is 7.05 Å². The molecule has 0 saturated carbocycles. The Morgan fingerprint density at radius 1 is 1.36 bits per heavy atom. The molecular formula is C16H31N3O2S. The molecule has 0 aliphatic carbocycles. The van der Waals surface area contributed by atoms with Crippen molar-refractivity contribution in [2.45, 2.75) is 50.7 Å². The standard InChI is InChI=1S/C16H31N3O2S/c1-4-14-13-19(11-12-22-14)16(17-2)18-10-8-6-5-7-9-15(20)21-3/h14H,4-13H2,1-3H3,(H,17,18). The van der Waals surface area contributed by atoms with Gasteiger partial charge in [0.1, 0.15) is 0 Å². The van der Waals surface area contributed by atoms with Crippen molar-refractivity contribution in [1.29, 1.82) is 0 Å². The number of aliphatic imine (C=N–C) groups is 1. The lowest BCUT2D eigenvalue weighted by molar-refractivity contribution is -0.140. The van der Waals surface area contributed by atoms with E-state index in [0.29, 0.717) is 6.42 Å². The molecule has 1 unspecified atom stereocenters. The molecule has 0 radical (unpaired) electrons. The number of ether oxygens (including phenoxy) is 1. The van der Waals surface area contributed by atoms with Gasteiger partial charge in [0.05, 0.1) is 7.11 Å². The Morgan fingerprint density at radius 3 is 2.82 bits per heavy atom. The van der Waals surface area contributed by atoms with Crippen LogP contribution in [-0.2, 0) is 9.53 Å². The molecule has 0 aromatic rings. The summed E-state index contributed by atoms with van der Waals surface area (Å²) in [5.74, 6) is 2.12. The van der Waals surface area contributed by atoms with E-state index in [9.17, 15) is 4.79 Å². The molecule has 0 aromatic carbocycles. The van der Waals surface area contributed by atoms with Gasteiger partial charge in [-0.05, 0) is 19.3 Å². The normalized spacial score (nSPS) is 19.1. The van der Waals surface area contributed by atoms with E-state index >= 15 is 0 Å². The van der Waals surface area contributed by atoms with Crippen molar-refractivity contribution in [3.05, 3.63) is 0 Å². The number of methoxy groups -OCH3 is 1. The lowest BCUT2D eigenvalue weighted by Crippen LogP contribution is -2.48. The Labute approximate surface area is 139 Å². The van der Waals surface area contributed by atoms with Crippen LogP contribution in [0, 0.1) is 0 Å². The number of carbonyl (C=O) groups is 1. The molecule has 1 atom stereocenters. The fourth-order valence-electron chi connectivity index (χ4n) is 2.54. The maximum Gasteiger partial charge on any atom is 0.305 e. The quantitative estimate of drug-likeness (QED) is 0.321. The van der Waals surface area contributed by atoms with Crippen molar-refractivity contribution in [2.24, 2.45) is 4.99 Å². The van der Waals surface area contributed by atoms with E-state index in [4.69, 9.17) is 0 Å². The second-order valence-corrected chi connectivity index (χ2v) is 6.97. The Kier molecular flexibility index (Phi) is 10.1. The average Bonchev–Trinajstić information content (AvgIpc) is 2.57. The van der Waals surface area contributed by atoms with E-state index < -0.39 is 0 Å². The number of nitrogens with zero attached hydrogens (tertiary/aromatic N) is 2. The summed E-state index contributed by atoms with van der Waals surface area (Å²) < 4.78 is 4.63. The Bertz CT molecular complexity index is 350. The highest BCUT2D eigenvalue weighted by molar-refractivity contribution is 8.00. The van der Waals surface area contributed by atoms with Crippen molar-refractivity contribution in [3.63, 3.8) is 0 Å². The van der Waals surface area contributed by atoms with Crippen LogP contribution in [0.3, 0.4) is 0 Å². The minimum absolute atomic E-state index is 0.105. The van der Waals surface area contributed by atoms with Crippen LogP contribution in [0.5, 0.6) is 0 Å². The van der Waals surface area contributed by atoms with E-state index in [-0.39, 0.29) is 5.97 Å². The van der Waals surface area contributed by atoms with Gasteiger partial charge in [-0.2, -0.15) is 11.8 Å². The molecule has 128 valence electrons. The van der Waals surface area contributed by atoms with Gasteiger partial charge in [0.2, 0.25) is 0 Å². The maximum absolute atomic E-state index is 11.0. The second kappa shape index (κ2) is 11.6. The van der Waals surface area contributed by atoms with Crippen LogP contribution >= 0.6 is 11.8 Å². The van der Waals surface area contributed by atoms with Crippen LogP contribution in [0.2, 0.25) is 0 Å². The summed E-state index contributed by atoms with van der Waals surface area (Å²) in [6.07, 6.45) is 6.00. The lowest BCUT2D eigenvalue weighted by atomic mass is 10.1. The summed E-state index contributed by atoms with van der Waals surface area (Å²) in [4.78, 5) is 17.8. The summed E-state index contributed by atoms with van der Waals surface area (Å²) in [6, 6.07) is 0. The van der Waals surface area contributed by atoms with Gasteiger partial charge in [0.25, 0.3) is 0 Å². The lowest BCUT2D eigenvalue weighted by Gasteiger charge is -2.34. The fourth-order valence-corrected chi connectivity index (χ4v) is 3.72. The fraction of sp³-hybridized carbons (Fsp3) is 0.875. The molecule has 1 rings (SSSR count). The van der Waals surface area contributed by atoms with E-state index in [1.54, 1.807) is 0 Å². The number of thioether (sulfide) groups is 1. The first-order valence-corrected chi connectivity index (χ1v) is 9.40. The zero-order valence-corrected chi connectivity index (χ0v) is 15.1. The van der Waals surface area contributed by atoms with Crippen molar-refractivity contribution in [2.75, 3.05) is 39.5 Å². The van der Waals surface area contributed by atoms with Gasteiger partial charge in [-0.25, -0.2) is 0 Å². The third-order valence-corrected chi connectivity index (χ3v) is 5.30. The number of rotatable bonds is 8. The van der Waals surface area contributed by atoms with Gasteiger partial charge in [-0.1, -0.05) is 19.8 Å². The van der Waals surface area contributed by atoms with Crippen molar-refractivity contribution >= 4 is 23.7 Å². The molecule has 1 N–H and O–H groups in total. The molecule has 5 nitrogen and oxygen atoms in total. The number of unbranched alkanes of at least 4 members (excludes halogenated alkanes) is 3. The van der Waals surface area contributed by atoms with Gasteiger partial charge < -0.3 is 15.0 Å². The molecule has 0 spiro atoms. The summed E-state index contributed by atoms with van der Waals surface area (Å²) in [5.41, 5.74) is 0. The summed E-state index contributed by atoms with van der Waals surface area (Å²) in [5, 5.41) is 4.20. The minimum Gasteiger partial charge on any atom is -0.469 e. The summed E-state index contributed by atoms with van der Waals surface area (Å²) in [6.45, 7) is 5.39. The van der Waals surface area contributed by atoms with Crippen LogP contribution in [0.4, 0.5) is 0 Å². The molecule has 1 heterocycles. The number of hydrogen-bond donors (Lipinski definition) is 1. The molecule has 1 fully saturated rings. The number of esters is 1. The summed E-state index contributed by atoms with van der Waals surface area (Å²) >= 11 is 2.07. The molecular weight excluding hydrogens is 298 g/mol. The molecule has 0 amide bonds. The molecule has 22 heavy (non-hydrogen) atoms. The molecule has 1 aliphatic heterocycles. The van der Waals surface area contributed by atoms with Gasteiger partial charge in [0, 0.05) is 44.1 Å². The van der Waals surface area contributed by atoms with Crippen molar-refractivity contribution in [1.82, 2.24) is 10.2 Å². The highest BCUT2D eigenvalue weighted by atomic mass is 32.2. The number of hydrogen-bond acceptors (Lipinski definition) is 4. The zero-order chi connectivity index (χ0) is 16.2. The Hall–Kier alpha value is -0.910. The molecule has 1 saturated heterocycles. The van der Waals surface area contributed by atoms with Gasteiger partial charge >= 0.3 is 5.97 Å². The maximum atomic E-state index is 11.0. The number of carbonyl (C=O) groups excluding carboxylic acids is 1. The molecule has 1 aliphatic rings. The minimum atomic E-state index is -0.105. The number of nitrogens with one attached hydrogen (secondary N) is 1. The molecule has 0 bridgehead atoms.